The minimum atomic E-state index is -0.513. The number of amides is 1. The lowest BCUT2D eigenvalue weighted by Gasteiger charge is -2.35. The Hall–Kier alpha value is -2.15. The summed E-state index contributed by atoms with van der Waals surface area (Å²) in [5, 5.41) is 14.4. The molecule has 2 aliphatic rings. The number of nitrogen functional groups attached to an aromatic ring is 1. The molecule has 0 aromatic heterocycles. The zero-order valence-electron chi connectivity index (χ0n) is 12.5. The first-order chi connectivity index (χ1) is 10.5. The Morgan fingerprint density at radius 1 is 1.36 bits per heavy atom. The third-order valence-electron chi connectivity index (χ3n) is 4.79. The van der Waals surface area contributed by atoms with E-state index in [1.807, 2.05) is 0 Å². The van der Waals surface area contributed by atoms with Crippen molar-refractivity contribution in [3.8, 4) is 0 Å². The number of carbonyl (C=O) groups is 1. The zero-order valence-corrected chi connectivity index (χ0v) is 12.5. The summed E-state index contributed by atoms with van der Waals surface area (Å²) in [7, 11) is 1.76. The van der Waals surface area contributed by atoms with Gasteiger partial charge in [0, 0.05) is 43.0 Å². The molecule has 1 aromatic carbocycles. The van der Waals surface area contributed by atoms with Gasteiger partial charge in [-0.3, -0.25) is 14.9 Å². The maximum Gasteiger partial charge on any atom is 0.270 e. The highest BCUT2D eigenvalue weighted by Crippen LogP contribution is 2.30. The fourth-order valence-corrected chi connectivity index (χ4v) is 3.54. The number of nitro benzene ring substituents is 1. The van der Waals surface area contributed by atoms with E-state index in [0.29, 0.717) is 12.1 Å². The number of non-ortho nitro benzene ring substituents is 1. The van der Waals surface area contributed by atoms with Crippen molar-refractivity contribution in [1.82, 2.24) is 10.2 Å². The molecular formula is C15H20N4O3. The molecule has 0 aliphatic carbocycles. The molecule has 1 amide bonds. The van der Waals surface area contributed by atoms with Gasteiger partial charge in [0.15, 0.2) is 0 Å². The first-order valence-corrected chi connectivity index (χ1v) is 7.53. The van der Waals surface area contributed by atoms with Crippen molar-refractivity contribution in [3.05, 3.63) is 33.9 Å². The van der Waals surface area contributed by atoms with E-state index in [9.17, 15) is 14.9 Å². The largest absolute Gasteiger partial charge is 0.398 e. The molecule has 7 nitrogen and oxygen atoms in total. The summed E-state index contributed by atoms with van der Waals surface area (Å²) in [6, 6.07) is 5.11. The third kappa shape index (κ3) is 2.64. The van der Waals surface area contributed by atoms with E-state index < -0.39 is 4.92 Å². The molecule has 2 atom stereocenters. The van der Waals surface area contributed by atoms with Crippen LogP contribution in [0.5, 0.6) is 0 Å². The van der Waals surface area contributed by atoms with E-state index in [2.05, 4.69) is 5.32 Å². The van der Waals surface area contributed by atoms with Gasteiger partial charge >= 0.3 is 0 Å². The SMILES string of the molecule is CN(C(=O)c1cc([N+](=O)[O-])ccc1N)C1CC2CCC(C1)N2. The number of benzene rings is 1. The van der Waals surface area contributed by atoms with Crippen molar-refractivity contribution < 1.29 is 9.72 Å². The second kappa shape index (κ2) is 5.57. The number of rotatable bonds is 3. The Balaban J connectivity index is 1.81. The monoisotopic (exact) mass is 304 g/mol. The number of hydrogen-bond acceptors (Lipinski definition) is 5. The van der Waals surface area contributed by atoms with Crippen LogP contribution in [-0.4, -0.2) is 40.9 Å². The standard InChI is InChI=1S/C15H20N4O3/c1-18(12-6-9-2-3-10(7-12)17-9)15(20)13-8-11(19(21)22)4-5-14(13)16/h4-5,8-10,12,17H,2-3,6-7,16H2,1H3. The molecule has 0 radical (unpaired) electrons. The van der Waals surface area contributed by atoms with Crippen molar-refractivity contribution in [2.45, 2.75) is 43.8 Å². The second-order valence-corrected chi connectivity index (χ2v) is 6.21. The molecule has 2 heterocycles. The van der Waals surface area contributed by atoms with Crippen LogP contribution in [0.15, 0.2) is 18.2 Å². The summed E-state index contributed by atoms with van der Waals surface area (Å²) >= 11 is 0. The molecule has 0 saturated carbocycles. The molecule has 2 aliphatic heterocycles. The van der Waals surface area contributed by atoms with Gasteiger partial charge in [-0.15, -0.1) is 0 Å². The third-order valence-corrected chi connectivity index (χ3v) is 4.79. The van der Waals surface area contributed by atoms with E-state index in [1.54, 1.807) is 11.9 Å². The van der Waals surface area contributed by atoms with Crippen LogP contribution < -0.4 is 11.1 Å². The maximum absolute atomic E-state index is 12.7. The average molecular weight is 304 g/mol. The molecule has 22 heavy (non-hydrogen) atoms. The number of hydrogen-bond donors (Lipinski definition) is 2. The minimum absolute atomic E-state index is 0.115. The van der Waals surface area contributed by atoms with E-state index >= 15 is 0 Å². The van der Waals surface area contributed by atoms with Crippen molar-refractivity contribution in [1.29, 1.82) is 0 Å². The topological polar surface area (TPSA) is 102 Å². The first kappa shape index (κ1) is 14.8. The normalized spacial score (nSPS) is 26.7. The zero-order chi connectivity index (χ0) is 15.9. The first-order valence-electron chi connectivity index (χ1n) is 7.53. The molecule has 1 aromatic rings. The predicted molar refractivity (Wildman–Crippen MR) is 82.6 cm³/mol. The minimum Gasteiger partial charge on any atom is -0.398 e. The number of nitro groups is 1. The van der Waals surface area contributed by atoms with Crippen LogP contribution in [0, 0.1) is 10.1 Å². The van der Waals surface area contributed by atoms with Gasteiger partial charge in [0.2, 0.25) is 0 Å². The Labute approximate surface area is 128 Å². The quantitative estimate of drug-likeness (QED) is 0.501. The highest BCUT2D eigenvalue weighted by molar-refractivity contribution is 5.99. The molecule has 2 unspecified atom stereocenters. The van der Waals surface area contributed by atoms with E-state index in [1.165, 1.54) is 18.2 Å². The average Bonchev–Trinajstić information content (AvgIpc) is 2.84. The van der Waals surface area contributed by atoms with Crippen LogP contribution >= 0.6 is 0 Å². The van der Waals surface area contributed by atoms with Gasteiger partial charge in [-0.05, 0) is 31.7 Å². The van der Waals surface area contributed by atoms with Crippen LogP contribution in [0.1, 0.15) is 36.0 Å². The molecular weight excluding hydrogens is 284 g/mol. The molecule has 2 fully saturated rings. The molecule has 3 N–H and O–H groups in total. The van der Waals surface area contributed by atoms with Gasteiger partial charge in [-0.1, -0.05) is 0 Å². The summed E-state index contributed by atoms with van der Waals surface area (Å²) < 4.78 is 0. The lowest BCUT2D eigenvalue weighted by Crippen LogP contribution is -2.48. The Kier molecular flexibility index (Phi) is 3.74. The Morgan fingerprint density at radius 3 is 2.59 bits per heavy atom. The molecule has 2 saturated heterocycles. The molecule has 118 valence electrons. The lowest BCUT2D eigenvalue weighted by atomic mass is 9.97. The van der Waals surface area contributed by atoms with E-state index in [-0.39, 0.29) is 28.9 Å². The number of anilines is 1. The van der Waals surface area contributed by atoms with Gasteiger partial charge in [-0.2, -0.15) is 0 Å². The van der Waals surface area contributed by atoms with Crippen molar-refractivity contribution >= 4 is 17.3 Å². The van der Waals surface area contributed by atoms with Crippen molar-refractivity contribution in [3.63, 3.8) is 0 Å². The smallest absolute Gasteiger partial charge is 0.270 e. The van der Waals surface area contributed by atoms with Crippen molar-refractivity contribution in [2.24, 2.45) is 0 Å². The summed E-state index contributed by atoms with van der Waals surface area (Å²) in [5.41, 5.74) is 6.22. The summed E-state index contributed by atoms with van der Waals surface area (Å²) in [5.74, 6) is -0.243. The van der Waals surface area contributed by atoms with Gasteiger partial charge in [0.1, 0.15) is 0 Å². The highest BCUT2D eigenvalue weighted by Gasteiger charge is 2.36. The molecule has 7 heteroatoms. The number of nitrogens with zero attached hydrogens (tertiary/aromatic N) is 2. The van der Waals surface area contributed by atoms with Crippen LogP contribution in [0.4, 0.5) is 11.4 Å². The van der Waals surface area contributed by atoms with Gasteiger partial charge in [0.05, 0.1) is 10.5 Å². The number of carbonyl (C=O) groups excluding carboxylic acids is 1. The van der Waals surface area contributed by atoms with Crippen LogP contribution in [0.2, 0.25) is 0 Å². The number of piperidine rings is 1. The van der Waals surface area contributed by atoms with Gasteiger partial charge in [-0.25, -0.2) is 0 Å². The maximum atomic E-state index is 12.7. The highest BCUT2D eigenvalue weighted by atomic mass is 16.6. The Bertz CT molecular complexity index is 607. The van der Waals surface area contributed by atoms with E-state index in [0.717, 1.165) is 25.7 Å². The second-order valence-electron chi connectivity index (χ2n) is 6.21. The lowest BCUT2D eigenvalue weighted by molar-refractivity contribution is -0.384. The van der Waals surface area contributed by atoms with Crippen molar-refractivity contribution in [2.75, 3.05) is 12.8 Å². The van der Waals surface area contributed by atoms with E-state index in [4.69, 9.17) is 5.73 Å². The number of nitrogens with one attached hydrogen (secondary N) is 1. The van der Waals surface area contributed by atoms with Crippen LogP contribution in [0.3, 0.4) is 0 Å². The molecule has 0 spiro atoms. The summed E-state index contributed by atoms with van der Waals surface area (Å²) in [4.78, 5) is 24.7. The summed E-state index contributed by atoms with van der Waals surface area (Å²) in [6.45, 7) is 0. The summed E-state index contributed by atoms with van der Waals surface area (Å²) in [6.07, 6.45) is 4.16. The van der Waals surface area contributed by atoms with Crippen LogP contribution in [0.25, 0.3) is 0 Å². The number of fused-ring (bicyclic) bond motifs is 2. The van der Waals surface area contributed by atoms with Crippen LogP contribution in [-0.2, 0) is 0 Å². The number of nitrogens with two attached hydrogens (primary N) is 1. The molecule has 3 rings (SSSR count). The predicted octanol–water partition coefficient (Wildman–Crippen LogP) is 1.53. The van der Waals surface area contributed by atoms with Gasteiger partial charge in [0.25, 0.3) is 11.6 Å². The van der Waals surface area contributed by atoms with Gasteiger partial charge < -0.3 is 16.0 Å². The fraction of sp³-hybridized carbons (Fsp3) is 0.533. The fourth-order valence-electron chi connectivity index (χ4n) is 3.54. The Morgan fingerprint density at radius 2 is 2.00 bits per heavy atom. The molecule has 2 bridgehead atoms.